The van der Waals surface area contributed by atoms with Gasteiger partial charge in [-0.15, -0.1) is 0 Å². The van der Waals surface area contributed by atoms with Crippen LogP contribution in [0.3, 0.4) is 0 Å². The van der Waals surface area contributed by atoms with Crippen LogP contribution in [-0.2, 0) is 16.2 Å². The average Bonchev–Trinajstić information content (AvgIpc) is 3.13. The number of phenols is 4. The molecule has 0 aliphatic rings. The Hall–Kier alpha value is -5.48. The molecule has 0 atom stereocenters. The fraction of sp³-hybridized carbons (Fsp3) is 0.308. The summed E-state index contributed by atoms with van der Waals surface area (Å²) in [5.74, 6) is 1.49. The Labute approximate surface area is 335 Å². The molecule has 6 aromatic rings. The van der Waals surface area contributed by atoms with Gasteiger partial charge in [0.05, 0.1) is 0 Å². The van der Waals surface area contributed by atoms with Gasteiger partial charge < -0.3 is 20.4 Å². The van der Waals surface area contributed by atoms with Crippen LogP contribution >= 0.6 is 0 Å². The van der Waals surface area contributed by atoms with Gasteiger partial charge in [0.25, 0.3) is 0 Å². The molecule has 4 heteroatoms. The van der Waals surface area contributed by atoms with E-state index in [4.69, 9.17) is 0 Å². The van der Waals surface area contributed by atoms with E-state index in [0.717, 1.165) is 28.7 Å². The van der Waals surface area contributed by atoms with Crippen LogP contribution in [0.4, 0.5) is 0 Å². The molecule has 0 radical (unpaired) electrons. The zero-order chi connectivity index (χ0) is 41.2. The Morgan fingerprint density at radius 2 is 0.804 bits per heavy atom. The first-order valence-corrected chi connectivity index (χ1v) is 19.7. The summed E-state index contributed by atoms with van der Waals surface area (Å²) < 4.78 is 0. The molecule has 4 nitrogen and oxygen atoms in total. The Bertz CT molecular complexity index is 2120. The van der Waals surface area contributed by atoms with Crippen molar-refractivity contribution in [2.45, 2.75) is 105 Å². The lowest BCUT2D eigenvalue weighted by Crippen LogP contribution is -2.22. The van der Waals surface area contributed by atoms with Crippen LogP contribution in [0.15, 0.2) is 121 Å². The molecular formula is C52H60O4. The average molecular weight is 749 g/mol. The molecule has 0 bridgehead atoms. The third kappa shape index (κ3) is 8.97. The van der Waals surface area contributed by atoms with Gasteiger partial charge in [-0.25, -0.2) is 0 Å². The van der Waals surface area contributed by atoms with Crippen molar-refractivity contribution >= 4 is 0 Å². The summed E-state index contributed by atoms with van der Waals surface area (Å²) in [6, 6.07) is 39.7. The SMILES string of the molecule is CCC(c1ccc(O)c(C(C)(C)C)c1)c1ccc(O)c(C(C)(C)C)c1.Cc1cccc(C(C)(C)c2cccc(C)c2-c2ccc(O)cc2)c1-c1ccc(O)cc1. The zero-order valence-corrected chi connectivity index (χ0v) is 35.1. The molecule has 0 fully saturated rings. The summed E-state index contributed by atoms with van der Waals surface area (Å²) in [5.41, 5.74) is 13.3. The minimum Gasteiger partial charge on any atom is -0.508 e. The van der Waals surface area contributed by atoms with Gasteiger partial charge in [-0.05, 0) is 134 Å². The van der Waals surface area contributed by atoms with Gasteiger partial charge in [-0.3, -0.25) is 0 Å². The molecule has 0 aliphatic carbocycles. The molecule has 0 aromatic heterocycles. The van der Waals surface area contributed by atoms with Crippen LogP contribution in [0.2, 0.25) is 0 Å². The molecular weight excluding hydrogens is 689 g/mol. The highest BCUT2D eigenvalue weighted by molar-refractivity contribution is 5.78. The third-order valence-electron chi connectivity index (χ3n) is 11.1. The lowest BCUT2D eigenvalue weighted by Gasteiger charge is -2.32. The second-order valence-electron chi connectivity index (χ2n) is 17.7. The smallest absolute Gasteiger partial charge is 0.119 e. The first-order chi connectivity index (χ1) is 26.2. The van der Waals surface area contributed by atoms with E-state index in [2.05, 4.69) is 125 Å². The lowest BCUT2D eigenvalue weighted by molar-refractivity contribution is 0.445. The highest BCUT2D eigenvalue weighted by Gasteiger charge is 2.30. The molecule has 6 aromatic carbocycles. The van der Waals surface area contributed by atoms with E-state index in [0.29, 0.717) is 11.5 Å². The van der Waals surface area contributed by atoms with Crippen molar-refractivity contribution < 1.29 is 20.4 Å². The highest BCUT2D eigenvalue weighted by atomic mass is 16.3. The third-order valence-corrected chi connectivity index (χ3v) is 11.1. The van der Waals surface area contributed by atoms with Gasteiger partial charge in [0.15, 0.2) is 0 Å². The Morgan fingerprint density at radius 1 is 0.446 bits per heavy atom. The lowest BCUT2D eigenvalue weighted by atomic mass is 9.71. The standard InChI is InChI=1S/C29H28O2.C23H32O2/c1-19-7-5-9-25(27(19)21-11-15-23(30)16-12-21)29(3,4)26-10-6-8-20(2)28(26)22-13-17-24(31)18-14-22;1-8-17(15-9-11-20(24)18(13-15)22(2,3)4)16-10-12-21(25)19(14-16)23(5,6)7/h5-18,30-31H,1-4H3;9-14,17,24-25H,8H2,1-7H3. The highest BCUT2D eigenvalue weighted by Crippen LogP contribution is 2.45. The number of aromatic hydroxyl groups is 4. The number of phenolic OH excluding ortho intramolecular Hbond substituents is 4. The molecule has 4 N–H and O–H groups in total. The number of benzene rings is 6. The number of hydrogen-bond acceptors (Lipinski definition) is 4. The normalized spacial score (nSPS) is 12.0. The van der Waals surface area contributed by atoms with Crippen molar-refractivity contribution in [1.29, 1.82) is 0 Å². The van der Waals surface area contributed by atoms with Gasteiger partial charge >= 0.3 is 0 Å². The van der Waals surface area contributed by atoms with Crippen molar-refractivity contribution in [2.75, 3.05) is 0 Å². The number of rotatable bonds is 7. The maximum absolute atomic E-state index is 10.2. The van der Waals surface area contributed by atoms with Crippen molar-refractivity contribution in [2.24, 2.45) is 0 Å². The predicted octanol–water partition coefficient (Wildman–Crippen LogP) is 13.6. The van der Waals surface area contributed by atoms with E-state index in [1.165, 1.54) is 44.5 Å². The summed E-state index contributed by atoms with van der Waals surface area (Å²) in [5, 5.41) is 40.0. The van der Waals surface area contributed by atoms with Crippen molar-refractivity contribution in [1.82, 2.24) is 0 Å². The molecule has 0 unspecified atom stereocenters. The maximum atomic E-state index is 10.2. The van der Waals surface area contributed by atoms with Crippen LogP contribution in [0.5, 0.6) is 23.0 Å². The van der Waals surface area contributed by atoms with Crippen molar-refractivity contribution in [3.8, 4) is 45.3 Å². The number of hydrogen-bond donors (Lipinski definition) is 4. The van der Waals surface area contributed by atoms with Crippen LogP contribution in [-0.4, -0.2) is 20.4 Å². The fourth-order valence-electron chi connectivity index (χ4n) is 7.95. The van der Waals surface area contributed by atoms with Crippen molar-refractivity contribution in [3.05, 3.63) is 166 Å². The first kappa shape index (κ1) is 41.7. The predicted molar refractivity (Wildman–Crippen MR) is 234 cm³/mol. The Kier molecular flexibility index (Phi) is 12.1. The van der Waals surface area contributed by atoms with Crippen LogP contribution in [0.1, 0.15) is 119 Å². The van der Waals surface area contributed by atoms with E-state index in [1.807, 2.05) is 48.5 Å². The van der Waals surface area contributed by atoms with Gasteiger partial charge in [0.2, 0.25) is 0 Å². The number of aryl methyl sites for hydroxylation is 2. The molecule has 0 aliphatic heterocycles. The molecule has 0 amide bonds. The first-order valence-electron chi connectivity index (χ1n) is 19.7. The van der Waals surface area contributed by atoms with Crippen LogP contribution in [0, 0.1) is 13.8 Å². The second-order valence-corrected chi connectivity index (χ2v) is 17.7. The topological polar surface area (TPSA) is 80.9 Å². The summed E-state index contributed by atoms with van der Waals surface area (Å²) in [7, 11) is 0. The zero-order valence-electron chi connectivity index (χ0n) is 35.1. The van der Waals surface area contributed by atoms with Gasteiger partial charge in [-0.1, -0.05) is 147 Å². The van der Waals surface area contributed by atoms with E-state index >= 15 is 0 Å². The van der Waals surface area contributed by atoms with E-state index < -0.39 is 0 Å². The minimum absolute atomic E-state index is 0.107. The molecule has 292 valence electrons. The molecule has 0 heterocycles. The van der Waals surface area contributed by atoms with Gasteiger partial charge in [-0.2, -0.15) is 0 Å². The summed E-state index contributed by atoms with van der Waals surface area (Å²) in [4.78, 5) is 0. The Balaban J connectivity index is 0.000000220. The molecule has 0 saturated carbocycles. The van der Waals surface area contributed by atoms with Gasteiger partial charge in [0.1, 0.15) is 23.0 Å². The molecule has 0 spiro atoms. The molecule has 6 rings (SSSR count). The van der Waals surface area contributed by atoms with Gasteiger partial charge in [0, 0.05) is 11.3 Å². The quantitative estimate of drug-likeness (QED) is 0.131. The monoisotopic (exact) mass is 748 g/mol. The van der Waals surface area contributed by atoms with Crippen molar-refractivity contribution in [3.63, 3.8) is 0 Å². The van der Waals surface area contributed by atoms with E-state index in [1.54, 1.807) is 24.3 Å². The largest absolute Gasteiger partial charge is 0.508 e. The fourth-order valence-corrected chi connectivity index (χ4v) is 7.95. The van der Waals surface area contributed by atoms with E-state index in [-0.39, 0.29) is 33.7 Å². The van der Waals surface area contributed by atoms with Crippen LogP contribution < -0.4 is 0 Å². The summed E-state index contributed by atoms with van der Waals surface area (Å²) in [6.07, 6.45) is 0.961. The van der Waals surface area contributed by atoms with Crippen LogP contribution in [0.25, 0.3) is 22.3 Å². The molecule has 0 saturated heterocycles. The molecule has 56 heavy (non-hydrogen) atoms. The second kappa shape index (κ2) is 16.3. The summed E-state index contributed by atoms with van der Waals surface area (Å²) >= 11 is 0. The minimum atomic E-state index is -0.279. The maximum Gasteiger partial charge on any atom is 0.119 e. The van der Waals surface area contributed by atoms with E-state index in [9.17, 15) is 20.4 Å². The Morgan fingerprint density at radius 3 is 1.12 bits per heavy atom. The summed E-state index contributed by atoms with van der Waals surface area (Å²) in [6.45, 7) is 23.7.